The van der Waals surface area contributed by atoms with Crippen LogP contribution >= 0.6 is 11.6 Å². The summed E-state index contributed by atoms with van der Waals surface area (Å²) >= 11 is 5.90. The van der Waals surface area contributed by atoms with Gasteiger partial charge in [0, 0.05) is 7.05 Å². The van der Waals surface area contributed by atoms with Crippen molar-refractivity contribution in [2.75, 3.05) is 13.6 Å². The number of amides is 2. The summed E-state index contributed by atoms with van der Waals surface area (Å²) < 4.78 is 25.7. The highest BCUT2D eigenvalue weighted by atomic mass is 35.5. The van der Waals surface area contributed by atoms with E-state index in [1.807, 2.05) is 6.92 Å². The lowest BCUT2D eigenvalue weighted by atomic mass is 10.2. The summed E-state index contributed by atoms with van der Waals surface area (Å²) in [6.07, 6.45) is 0. The monoisotopic (exact) mass is 395 g/mol. The van der Waals surface area contributed by atoms with Crippen molar-refractivity contribution in [1.29, 1.82) is 0 Å². The molecule has 138 valence electrons. The minimum atomic E-state index is -3.81. The van der Waals surface area contributed by atoms with Gasteiger partial charge >= 0.3 is 0 Å². The molecule has 0 fully saturated rings. The number of sulfonamides is 1. The molecule has 0 aromatic heterocycles. The Morgan fingerprint density at radius 1 is 1.04 bits per heavy atom. The summed E-state index contributed by atoms with van der Waals surface area (Å²) in [5.41, 5.74) is 5.48. The molecule has 26 heavy (non-hydrogen) atoms. The molecule has 9 heteroatoms. The molecule has 2 aromatic rings. The van der Waals surface area contributed by atoms with Crippen LogP contribution in [0, 0.1) is 6.92 Å². The van der Waals surface area contributed by atoms with Crippen molar-refractivity contribution in [3.8, 4) is 0 Å². The van der Waals surface area contributed by atoms with E-state index in [0.717, 1.165) is 9.87 Å². The summed E-state index contributed by atoms with van der Waals surface area (Å²) in [5, 5.41) is 0.235. The molecule has 0 unspecified atom stereocenters. The number of nitrogens with zero attached hydrogens (tertiary/aromatic N) is 1. The Hall–Kier alpha value is -2.42. The van der Waals surface area contributed by atoms with E-state index in [1.165, 1.54) is 25.2 Å². The average molecular weight is 396 g/mol. The molecule has 0 bridgehead atoms. The zero-order valence-corrected chi connectivity index (χ0v) is 15.8. The Kier molecular flexibility index (Phi) is 6.36. The predicted molar refractivity (Wildman–Crippen MR) is 98.1 cm³/mol. The van der Waals surface area contributed by atoms with Crippen molar-refractivity contribution in [3.63, 3.8) is 0 Å². The second kappa shape index (κ2) is 8.31. The number of benzene rings is 2. The lowest BCUT2D eigenvalue weighted by Gasteiger charge is -2.17. The van der Waals surface area contributed by atoms with Crippen molar-refractivity contribution in [3.05, 3.63) is 64.7 Å². The molecular formula is C17H18ClN3O4S. The van der Waals surface area contributed by atoms with E-state index in [2.05, 4.69) is 10.9 Å². The van der Waals surface area contributed by atoms with E-state index in [1.54, 1.807) is 30.3 Å². The number of hydrazine groups is 1. The number of likely N-dealkylation sites (N-methyl/N-ethyl adjacent to an activating group) is 1. The molecule has 2 amide bonds. The molecule has 2 aromatic carbocycles. The maximum absolute atomic E-state index is 12.4. The molecule has 0 aliphatic rings. The second-order valence-corrected chi connectivity index (χ2v) is 8.01. The number of hydrogen-bond acceptors (Lipinski definition) is 4. The number of carbonyl (C=O) groups excluding carboxylic acids is 2. The summed E-state index contributed by atoms with van der Waals surface area (Å²) in [4.78, 5) is 24.0. The van der Waals surface area contributed by atoms with E-state index in [4.69, 9.17) is 11.6 Å². The zero-order chi connectivity index (χ0) is 19.3. The van der Waals surface area contributed by atoms with E-state index >= 15 is 0 Å². The summed E-state index contributed by atoms with van der Waals surface area (Å²) in [6, 6.07) is 12.6. The van der Waals surface area contributed by atoms with Crippen LogP contribution in [-0.4, -0.2) is 38.1 Å². The summed E-state index contributed by atoms with van der Waals surface area (Å²) in [6.45, 7) is 1.38. The maximum atomic E-state index is 12.4. The topological polar surface area (TPSA) is 95.6 Å². The van der Waals surface area contributed by atoms with Crippen molar-refractivity contribution in [1.82, 2.24) is 15.2 Å². The molecule has 7 nitrogen and oxygen atoms in total. The number of nitrogens with one attached hydrogen (secondary N) is 2. The van der Waals surface area contributed by atoms with Gasteiger partial charge in [0.2, 0.25) is 10.0 Å². The van der Waals surface area contributed by atoms with Crippen molar-refractivity contribution >= 4 is 33.4 Å². The second-order valence-electron chi connectivity index (χ2n) is 5.56. The smallest absolute Gasteiger partial charge is 0.271 e. The van der Waals surface area contributed by atoms with Gasteiger partial charge in [-0.25, -0.2) is 8.42 Å². The van der Waals surface area contributed by atoms with Crippen LogP contribution in [0.5, 0.6) is 0 Å². The fraction of sp³-hybridized carbons (Fsp3) is 0.176. The summed E-state index contributed by atoms with van der Waals surface area (Å²) in [7, 11) is -2.53. The number of hydrogen-bond donors (Lipinski definition) is 2. The first-order valence-corrected chi connectivity index (χ1v) is 9.40. The van der Waals surface area contributed by atoms with Gasteiger partial charge in [0.25, 0.3) is 11.8 Å². The van der Waals surface area contributed by atoms with E-state index < -0.39 is 28.4 Å². The van der Waals surface area contributed by atoms with Gasteiger partial charge in [0.15, 0.2) is 0 Å². The Morgan fingerprint density at radius 3 is 2.27 bits per heavy atom. The maximum Gasteiger partial charge on any atom is 0.271 e. The van der Waals surface area contributed by atoms with Gasteiger partial charge in [-0.05, 0) is 31.2 Å². The third-order valence-electron chi connectivity index (χ3n) is 3.53. The third-order valence-corrected chi connectivity index (χ3v) is 5.68. The van der Waals surface area contributed by atoms with Crippen molar-refractivity contribution in [2.45, 2.75) is 11.8 Å². The van der Waals surface area contributed by atoms with Gasteiger partial charge in [-0.15, -0.1) is 0 Å². The fourth-order valence-electron chi connectivity index (χ4n) is 2.06. The Balaban J connectivity index is 1.95. The van der Waals surface area contributed by atoms with Crippen LogP contribution in [0.4, 0.5) is 0 Å². The standard InChI is InChI=1S/C17H18ClN3O4S/c1-12-7-9-13(10-8-12)26(24,25)21(2)11-16(22)19-20-17(23)14-5-3-4-6-15(14)18/h3-10H,11H2,1-2H3,(H,19,22)(H,20,23). The van der Waals surface area contributed by atoms with Gasteiger partial charge in [-0.3, -0.25) is 20.4 Å². The largest absolute Gasteiger partial charge is 0.272 e. The van der Waals surface area contributed by atoms with Gasteiger partial charge in [0.1, 0.15) is 0 Å². The molecule has 0 aliphatic heterocycles. The highest BCUT2D eigenvalue weighted by molar-refractivity contribution is 7.89. The van der Waals surface area contributed by atoms with Crippen molar-refractivity contribution in [2.24, 2.45) is 0 Å². The number of halogens is 1. The van der Waals surface area contributed by atoms with Crippen LogP contribution in [-0.2, 0) is 14.8 Å². The van der Waals surface area contributed by atoms with Crippen LogP contribution in [0.3, 0.4) is 0 Å². The lowest BCUT2D eigenvalue weighted by molar-refractivity contribution is -0.121. The van der Waals surface area contributed by atoms with Gasteiger partial charge in [-0.2, -0.15) is 4.31 Å². The lowest BCUT2D eigenvalue weighted by Crippen LogP contribution is -2.46. The van der Waals surface area contributed by atoms with Crippen LogP contribution < -0.4 is 10.9 Å². The van der Waals surface area contributed by atoms with E-state index in [0.29, 0.717) is 0 Å². The minimum Gasteiger partial charge on any atom is -0.272 e. The molecule has 0 radical (unpaired) electrons. The molecule has 0 saturated heterocycles. The molecule has 2 rings (SSSR count). The Labute approximate surface area is 157 Å². The highest BCUT2D eigenvalue weighted by Crippen LogP contribution is 2.15. The van der Waals surface area contributed by atoms with Crippen LogP contribution in [0.25, 0.3) is 0 Å². The van der Waals surface area contributed by atoms with Crippen LogP contribution in [0.2, 0.25) is 5.02 Å². The fourth-order valence-corrected chi connectivity index (χ4v) is 3.40. The molecule has 0 atom stereocenters. The van der Waals surface area contributed by atoms with Crippen LogP contribution in [0.1, 0.15) is 15.9 Å². The first-order valence-electron chi connectivity index (χ1n) is 7.58. The van der Waals surface area contributed by atoms with Gasteiger partial charge < -0.3 is 0 Å². The number of aryl methyl sites for hydroxylation is 1. The highest BCUT2D eigenvalue weighted by Gasteiger charge is 2.23. The molecule has 0 heterocycles. The number of rotatable bonds is 5. The van der Waals surface area contributed by atoms with Crippen LogP contribution in [0.15, 0.2) is 53.4 Å². The first-order chi connectivity index (χ1) is 12.2. The predicted octanol–water partition coefficient (Wildman–Crippen LogP) is 1.73. The normalized spacial score (nSPS) is 11.2. The Bertz CT molecular complexity index is 914. The molecule has 0 aliphatic carbocycles. The minimum absolute atomic E-state index is 0.0819. The Morgan fingerprint density at radius 2 is 1.65 bits per heavy atom. The molecular weight excluding hydrogens is 378 g/mol. The molecule has 2 N–H and O–H groups in total. The van der Waals surface area contributed by atoms with Gasteiger partial charge in [-0.1, -0.05) is 41.4 Å². The van der Waals surface area contributed by atoms with Gasteiger partial charge in [0.05, 0.1) is 22.0 Å². The summed E-state index contributed by atoms with van der Waals surface area (Å²) in [5.74, 6) is -1.29. The quantitative estimate of drug-likeness (QED) is 0.753. The molecule has 0 spiro atoms. The average Bonchev–Trinajstić information content (AvgIpc) is 2.60. The third kappa shape index (κ3) is 4.81. The SMILES string of the molecule is Cc1ccc(S(=O)(=O)N(C)CC(=O)NNC(=O)c2ccccc2Cl)cc1. The first kappa shape index (κ1) is 19.9. The van der Waals surface area contributed by atoms with E-state index in [9.17, 15) is 18.0 Å². The number of carbonyl (C=O) groups is 2. The van der Waals surface area contributed by atoms with Crippen molar-refractivity contribution < 1.29 is 18.0 Å². The zero-order valence-electron chi connectivity index (χ0n) is 14.2. The molecule has 0 saturated carbocycles. The van der Waals surface area contributed by atoms with E-state index in [-0.39, 0.29) is 15.5 Å².